The second kappa shape index (κ2) is 24.7. The normalized spacial score (nSPS) is 20.1. The molecule has 3 fully saturated rings. The van der Waals surface area contributed by atoms with Crippen LogP contribution in [-0.2, 0) is 41.7 Å². The summed E-state index contributed by atoms with van der Waals surface area (Å²) in [6, 6.07) is 7.93. The zero-order chi connectivity index (χ0) is 41.9. The number of nitrogens with zero attached hydrogens (tertiary/aromatic N) is 2. The van der Waals surface area contributed by atoms with Gasteiger partial charge in [0.25, 0.3) is 0 Å². The molecule has 1 aromatic rings. The lowest BCUT2D eigenvalue weighted by molar-refractivity contribution is -0.146. The second-order valence-corrected chi connectivity index (χ2v) is 16.8. The zero-order valence-corrected chi connectivity index (χ0v) is 35.9. The quantitative estimate of drug-likeness (QED) is 0.0923. The molecule has 11 nitrogen and oxygen atoms in total. The number of likely N-dealkylation sites (N-methyl/N-ethyl adjacent to an activating group) is 1. The number of amides is 4. The van der Waals surface area contributed by atoms with Crippen LogP contribution in [0.25, 0.3) is 0 Å². The van der Waals surface area contributed by atoms with Crippen LogP contribution in [0.2, 0.25) is 0 Å². The molecule has 1 aromatic carbocycles. The number of unbranched alkanes of at least 4 members (excludes halogenated alkanes) is 3. The first-order valence-electron chi connectivity index (χ1n) is 21.7. The number of ether oxygens (including phenoxy) is 1. The van der Waals surface area contributed by atoms with Gasteiger partial charge >= 0.3 is 5.97 Å². The molecule has 0 radical (unpaired) electrons. The van der Waals surface area contributed by atoms with Crippen LogP contribution < -0.4 is 16.4 Å². The van der Waals surface area contributed by atoms with Gasteiger partial charge < -0.3 is 25.6 Å². The molecule has 2 saturated carbocycles. The van der Waals surface area contributed by atoms with Crippen molar-refractivity contribution < 1.29 is 28.7 Å². The number of carbonyl (C=O) groups excluding carboxylic acids is 5. The molecule has 0 aromatic heterocycles. The van der Waals surface area contributed by atoms with Gasteiger partial charge in [0.15, 0.2) is 0 Å². The maximum atomic E-state index is 13.6. The number of fused-ring (bicyclic) bond motifs is 1. The molecule has 0 bridgehead atoms. The largest absolute Gasteiger partial charge is 0.463 e. The third-order valence-corrected chi connectivity index (χ3v) is 11.6. The molecule has 0 spiro atoms. The predicted molar refractivity (Wildman–Crippen MR) is 226 cm³/mol. The van der Waals surface area contributed by atoms with Gasteiger partial charge in [-0.05, 0) is 113 Å². The summed E-state index contributed by atoms with van der Waals surface area (Å²) in [7, 11) is 1.86. The lowest BCUT2D eigenvalue weighted by atomic mass is 9.92. The summed E-state index contributed by atoms with van der Waals surface area (Å²) in [6.07, 6.45) is 19.8. The van der Waals surface area contributed by atoms with Gasteiger partial charge in [-0.15, -0.1) is 0 Å². The molecule has 4 atom stereocenters. The van der Waals surface area contributed by atoms with E-state index in [1.165, 1.54) is 44.2 Å². The van der Waals surface area contributed by atoms with Crippen LogP contribution in [0.5, 0.6) is 0 Å². The minimum atomic E-state index is -0.257. The number of hydrogen-bond acceptors (Lipinski definition) is 8. The van der Waals surface area contributed by atoms with Gasteiger partial charge in [0.2, 0.25) is 23.6 Å². The van der Waals surface area contributed by atoms with Crippen LogP contribution in [0.15, 0.2) is 48.7 Å². The van der Waals surface area contributed by atoms with E-state index in [0.717, 1.165) is 70.8 Å². The van der Waals surface area contributed by atoms with Crippen molar-refractivity contribution in [3.63, 3.8) is 0 Å². The van der Waals surface area contributed by atoms with E-state index in [2.05, 4.69) is 68.3 Å². The highest BCUT2D eigenvalue weighted by Gasteiger charge is 2.39. The summed E-state index contributed by atoms with van der Waals surface area (Å²) >= 11 is 0. The summed E-state index contributed by atoms with van der Waals surface area (Å²) in [6.45, 7) is 15.6. The summed E-state index contributed by atoms with van der Waals surface area (Å²) in [4.78, 5) is 61.9. The molecule has 57 heavy (non-hydrogen) atoms. The van der Waals surface area contributed by atoms with Crippen molar-refractivity contribution >= 4 is 29.6 Å². The zero-order valence-electron chi connectivity index (χ0n) is 35.9. The van der Waals surface area contributed by atoms with E-state index < -0.39 is 0 Å². The fourth-order valence-electron chi connectivity index (χ4n) is 8.09. The number of esters is 1. The summed E-state index contributed by atoms with van der Waals surface area (Å²) in [5.41, 5.74) is 9.25. The molecule has 2 aliphatic carbocycles. The van der Waals surface area contributed by atoms with Gasteiger partial charge in [-0.25, -0.2) is 0 Å². The number of benzene rings is 1. The lowest BCUT2D eigenvalue weighted by Gasteiger charge is -2.30. The Morgan fingerprint density at radius 1 is 1.00 bits per heavy atom. The molecule has 2 aliphatic heterocycles. The Balaban J connectivity index is 0.000000391. The summed E-state index contributed by atoms with van der Waals surface area (Å²) in [5.74, 6) is 1.34. The van der Waals surface area contributed by atoms with Crippen molar-refractivity contribution in [1.82, 2.24) is 20.4 Å². The fraction of sp³-hybridized carbons (Fsp3) is 0.674. The first kappa shape index (κ1) is 47.4. The van der Waals surface area contributed by atoms with E-state index in [9.17, 15) is 24.0 Å². The third-order valence-electron chi connectivity index (χ3n) is 11.6. The Morgan fingerprint density at radius 3 is 2.26 bits per heavy atom. The van der Waals surface area contributed by atoms with Crippen molar-refractivity contribution in [2.45, 2.75) is 156 Å². The van der Waals surface area contributed by atoms with E-state index in [0.29, 0.717) is 43.5 Å². The SMILES string of the molecule is C=C(N)C1C[C@@H](CC(=O)N2CCc3ccccc3C2)CN1C(=O)[C@H](CCCCC/C=C\[C@H](CC)C(C)C)NC.CC(=O)NC(=O)C1CC1.CC(=O)OC1CCCC1. The van der Waals surface area contributed by atoms with Crippen molar-refractivity contribution in [2.75, 3.05) is 20.1 Å². The third kappa shape index (κ3) is 16.8. The molecule has 1 saturated heterocycles. The van der Waals surface area contributed by atoms with Gasteiger partial charge in [0.05, 0.1) is 12.1 Å². The molecule has 4 amide bonds. The molecule has 2 heterocycles. The van der Waals surface area contributed by atoms with Crippen LogP contribution in [0.4, 0.5) is 0 Å². The van der Waals surface area contributed by atoms with Crippen LogP contribution in [0.1, 0.15) is 136 Å². The first-order chi connectivity index (χ1) is 27.2. The second-order valence-electron chi connectivity index (χ2n) is 16.8. The molecular formula is C46H73N5O6. The number of allylic oxidation sites excluding steroid dienone is 2. The number of hydrogen-bond donors (Lipinski definition) is 3. The van der Waals surface area contributed by atoms with Crippen LogP contribution in [-0.4, -0.2) is 77.7 Å². The number of likely N-dealkylation sites (tertiary alicyclic amines) is 1. The van der Waals surface area contributed by atoms with E-state index in [1.54, 1.807) is 0 Å². The average molecular weight is 792 g/mol. The monoisotopic (exact) mass is 792 g/mol. The fourth-order valence-corrected chi connectivity index (χ4v) is 8.09. The number of nitrogens with one attached hydrogen (secondary N) is 2. The summed E-state index contributed by atoms with van der Waals surface area (Å²) < 4.78 is 4.97. The van der Waals surface area contributed by atoms with E-state index in [-0.39, 0.29) is 59.6 Å². The topological polar surface area (TPSA) is 151 Å². The Kier molecular flexibility index (Phi) is 20.5. The van der Waals surface area contributed by atoms with Crippen molar-refractivity contribution in [3.05, 3.63) is 59.8 Å². The molecule has 4 aliphatic rings. The highest BCUT2D eigenvalue weighted by molar-refractivity contribution is 5.96. The highest BCUT2D eigenvalue weighted by atomic mass is 16.5. The van der Waals surface area contributed by atoms with E-state index in [1.807, 2.05) is 22.9 Å². The maximum Gasteiger partial charge on any atom is 0.302 e. The molecule has 318 valence electrons. The number of carbonyl (C=O) groups is 5. The van der Waals surface area contributed by atoms with Crippen LogP contribution in [0, 0.1) is 23.7 Å². The summed E-state index contributed by atoms with van der Waals surface area (Å²) in [5, 5.41) is 5.47. The van der Waals surface area contributed by atoms with Gasteiger partial charge in [-0.1, -0.05) is 76.6 Å². The minimum absolute atomic E-state index is 0.0820. The highest BCUT2D eigenvalue weighted by Crippen LogP contribution is 2.31. The molecule has 5 rings (SSSR count). The van der Waals surface area contributed by atoms with E-state index in [4.69, 9.17) is 10.5 Å². The van der Waals surface area contributed by atoms with E-state index >= 15 is 0 Å². The van der Waals surface area contributed by atoms with Gasteiger partial charge in [0.1, 0.15) is 6.10 Å². The lowest BCUT2D eigenvalue weighted by Crippen LogP contribution is -2.48. The molecule has 11 heteroatoms. The van der Waals surface area contributed by atoms with Crippen molar-refractivity contribution in [3.8, 4) is 0 Å². The predicted octanol–water partition coefficient (Wildman–Crippen LogP) is 6.98. The Morgan fingerprint density at radius 2 is 1.68 bits per heavy atom. The molecule has 1 unspecified atom stereocenters. The molecular weight excluding hydrogens is 719 g/mol. The first-order valence-corrected chi connectivity index (χ1v) is 21.7. The maximum absolute atomic E-state index is 13.6. The Bertz CT molecular complexity index is 1500. The van der Waals surface area contributed by atoms with Gasteiger partial charge in [0, 0.05) is 51.5 Å². The molecule has 4 N–H and O–H groups in total. The smallest absolute Gasteiger partial charge is 0.302 e. The Hall–Kier alpha value is -3.99. The number of imide groups is 1. The van der Waals surface area contributed by atoms with Crippen LogP contribution >= 0.6 is 0 Å². The standard InChI is InChI=1S/C33H52N4O2.C7H12O2.C6H9NO2/c1-6-27(24(2)3)14-10-8-7-9-11-17-30(35-5)33(39)37-22-26(20-31(37)25(4)34)21-32(38)36-19-18-28-15-12-13-16-29(28)23-36;1-6(8)9-7-4-2-3-5-7;1-4(8)7-6(9)5-2-3-5/h10,12-16,24,26-27,30-31,35H,4,6-9,11,17-23,34H2,1-3,5H3;7H,2-5H2,1H3;5H,2-3H2,1H3,(H,7,8,9)/b14-10-;;/t26-,27-,30-,31?;;/m0../s1. The van der Waals surface area contributed by atoms with Crippen molar-refractivity contribution in [2.24, 2.45) is 29.4 Å². The van der Waals surface area contributed by atoms with Gasteiger partial charge in [-0.3, -0.25) is 29.3 Å². The van der Waals surface area contributed by atoms with Crippen molar-refractivity contribution in [1.29, 1.82) is 0 Å². The van der Waals surface area contributed by atoms with Gasteiger partial charge in [-0.2, -0.15) is 0 Å². The number of rotatable bonds is 16. The Labute approximate surface area is 343 Å². The minimum Gasteiger partial charge on any atom is -0.463 e. The average Bonchev–Trinajstić information content (AvgIpc) is 3.75. The number of nitrogens with two attached hydrogens (primary N) is 1. The van der Waals surface area contributed by atoms with Crippen LogP contribution in [0.3, 0.4) is 0 Å².